The lowest BCUT2D eigenvalue weighted by Crippen LogP contribution is -2.24. The summed E-state index contributed by atoms with van der Waals surface area (Å²) in [6.07, 6.45) is 4.41. The molecular weight excluding hydrogens is 799 g/mol. The van der Waals surface area contributed by atoms with Crippen molar-refractivity contribution in [3.8, 4) is 22.0 Å². The molecule has 4 aromatic rings. The molecule has 0 radical (unpaired) electrons. The topological polar surface area (TPSA) is 216 Å². The van der Waals surface area contributed by atoms with Crippen LogP contribution >= 0.6 is 19.2 Å². The van der Waals surface area contributed by atoms with E-state index in [9.17, 15) is 27.7 Å². The molecule has 1 aliphatic rings. The van der Waals surface area contributed by atoms with Crippen LogP contribution in [0, 0.1) is 11.8 Å². The normalized spacial score (nSPS) is 15.8. The molecule has 4 aromatic heterocycles. The monoisotopic (exact) mass is 841 g/mol. The summed E-state index contributed by atoms with van der Waals surface area (Å²) in [5.74, 6) is -2.38. The van der Waals surface area contributed by atoms with Crippen LogP contribution in [0.15, 0.2) is 36.1 Å². The molecule has 1 fully saturated rings. The van der Waals surface area contributed by atoms with Gasteiger partial charge in [-0.2, -0.15) is 14.6 Å². The van der Waals surface area contributed by atoms with Crippen molar-refractivity contribution in [2.24, 2.45) is 0 Å². The highest BCUT2D eigenvalue weighted by Crippen LogP contribution is 2.49. The second-order valence-corrected chi connectivity index (χ2v) is 15.3. The van der Waals surface area contributed by atoms with Crippen LogP contribution < -0.4 is 5.32 Å². The summed E-state index contributed by atoms with van der Waals surface area (Å²) in [5.41, 5.74) is 0.144. The third kappa shape index (κ3) is 12.6. The number of phosphoric acid groups is 1. The summed E-state index contributed by atoms with van der Waals surface area (Å²) in [5, 5.41) is 13.3. The fourth-order valence-electron chi connectivity index (χ4n) is 5.36. The van der Waals surface area contributed by atoms with E-state index in [1.165, 1.54) is 22.5 Å². The van der Waals surface area contributed by atoms with Gasteiger partial charge in [0.15, 0.2) is 12.5 Å². The number of pyridine rings is 1. The lowest BCUT2D eigenvalue weighted by Gasteiger charge is -2.28. The number of anilines is 1. The number of halogens is 2. The van der Waals surface area contributed by atoms with Crippen molar-refractivity contribution < 1.29 is 65.0 Å². The first-order valence-electron chi connectivity index (χ1n) is 17.7. The summed E-state index contributed by atoms with van der Waals surface area (Å²) < 4.78 is 85.5. The number of nitrogens with one attached hydrogen (secondary N) is 1. The van der Waals surface area contributed by atoms with Crippen molar-refractivity contribution in [2.45, 2.75) is 91.4 Å². The maximum absolute atomic E-state index is 14.9. The second-order valence-electron chi connectivity index (χ2n) is 12.8. The van der Waals surface area contributed by atoms with Crippen LogP contribution in [0.3, 0.4) is 0 Å². The molecule has 1 N–H and O–H groups in total. The van der Waals surface area contributed by atoms with E-state index < -0.39 is 70.3 Å². The Morgan fingerprint density at radius 1 is 0.930 bits per heavy atom. The van der Waals surface area contributed by atoms with Gasteiger partial charge in [0, 0.05) is 29.9 Å². The van der Waals surface area contributed by atoms with Gasteiger partial charge in [0.1, 0.15) is 22.1 Å². The van der Waals surface area contributed by atoms with Crippen LogP contribution in [0.1, 0.15) is 76.8 Å². The highest BCUT2D eigenvalue weighted by Gasteiger charge is 2.30. The number of amides is 1. The molecule has 19 nitrogen and oxygen atoms in total. The SMILES string of the molecule is CCO[C@H]1CC[C@H](n2cc(NC(=O)c3csc(-c4cnn(COP(=O)(OCOC(=O)OC(C)C)OCOC(=O)OC(C)C)c4)n3)c(-c3nc(F)ccc3F)n2)CC1. The van der Waals surface area contributed by atoms with Crippen LogP contribution in [-0.4, -0.2) is 86.3 Å². The Morgan fingerprint density at radius 3 is 2.23 bits per heavy atom. The van der Waals surface area contributed by atoms with Gasteiger partial charge in [-0.1, -0.05) is 0 Å². The molecule has 0 aliphatic heterocycles. The van der Waals surface area contributed by atoms with E-state index >= 15 is 0 Å². The first-order valence-corrected chi connectivity index (χ1v) is 20.1. The fraction of sp³-hybridized carbons (Fsp3) is 0.500. The number of thiazole rings is 1. The average Bonchev–Trinajstić information content (AvgIpc) is 3.92. The molecule has 23 heteroatoms. The number of hydrogen-bond donors (Lipinski definition) is 1. The summed E-state index contributed by atoms with van der Waals surface area (Å²) in [4.78, 5) is 45.0. The molecule has 1 aliphatic carbocycles. The minimum absolute atomic E-state index is 0.000819. The Kier molecular flexibility index (Phi) is 15.2. The molecule has 1 amide bonds. The van der Waals surface area contributed by atoms with E-state index in [0.29, 0.717) is 17.2 Å². The largest absolute Gasteiger partial charge is 0.510 e. The Bertz CT molecular complexity index is 2000. The Morgan fingerprint density at radius 2 is 1.60 bits per heavy atom. The van der Waals surface area contributed by atoms with Gasteiger partial charge in [-0.25, -0.2) is 42.2 Å². The number of ether oxygens (including phenoxy) is 5. The Hall–Kier alpha value is -4.86. The highest BCUT2D eigenvalue weighted by atomic mass is 32.1. The predicted molar refractivity (Wildman–Crippen MR) is 196 cm³/mol. The number of carbonyl (C=O) groups is 3. The molecule has 1 saturated carbocycles. The predicted octanol–water partition coefficient (Wildman–Crippen LogP) is 7.47. The Labute approximate surface area is 329 Å². The summed E-state index contributed by atoms with van der Waals surface area (Å²) >= 11 is 1.11. The van der Waals surface area contributed by atoms with E-state index in [0.717, 1.165) is 49.2 Å². The van der Waals surface area contributed by atoms with Crippen molar-refractivity contribution in [3.05, 3.63) is 53.6 Å². The quantitative estimate of drug-likeness (QED) is 0.0445. The molecule has 0 saturated heterocycles. The van der Waals surface area contributed by atoms with Crippen molar-refractivity contribution in [1.29, 1.82) is 0 Å². The van der Waals surface area contributed by atoms with E-state index in [1.807, 2.05) is 6.92 Å². The number of carbonyl (C=O) groups excluding carboxylic acids is 3. The van der Waals surface area contributed by atoms with E-state index in [1.54, 1.807) is 38.6 Å². The highest BCUT2D eigenvalue weighted by molar-refractivity contribution is 7.48. The molecule has 310 valence electrons. The van der Waals surface area contributed by atoms with Crippen molar-refractivity contribution in [2.75, 3.05) is 25.5 Å². The molecule has 57 heavy (non-hydrogen) atoms. The second kappa shape index (κ2) is 20.0. The number of hydrogen-bond acceptors (Lipinski definition) is 17. The molecule has 0 unspecified atom stereocenters. The van der Waals surface area contributed by atoms with Gasteiger partial charge < -0.3 is 29.0 Å². The summed E-state index contributed by atoms with van der Waals surface area (Å²) in [6, 6.07) is 1.76. The fourth-order valence-corrected chi connectivity index (χ4v) is 6.98. The van der Waals surface area contributed by atoms with Gasteiger partial charge in [-0.15, -0.1) is 11.3 Å². The van der Waals surface area contributed by atoms with Gasteiger partial charge >= 0.3 is 20.1 Å². The summed E-state index contributed by atoms with van der Waals surface area (Å²) in [7, 11) is -4.57. The number of nitrogens with zero attached hydrogens (tertiary/aromatic N) is 6. The standard InChI is InChI=1S/C34H42F2N7O12PS/c1-6-48-24-9-7-23(8-10-24)43-15-26(30(41-43)29-25(35)11-12-28(36)40-29)38-31(44)27-16-57-32(39-27)22-13-37-42(14-22)17-51-56(47,52-18-49-33(45)54-20(2)3)53-19-50-34(46)55-21(4)5/h11-16,20-21,23-24H,6-10,17-19H2,1-5H3,(H,38,44)/t23-,24-. The first kappa shape index (κ1) is 43.3. The number of aromatic nitrogens is 6. The van der Waals surface area contributed by atoms with Crippen molar-refractivity contribution >= 4 is 43.1 Å². The maximum Gasteiger partial charge on any atom is 0.510 e. The smallest absolute Gasteiger partial charge is 0.432 e. The molecule has 5 rings (SSSR count). The molecule has 0 aromatic carbocycles. The number of phosphoric ester groups is 1. The van der Waals surface area contributed by atoms with Crippen LogP contribution in [0.25, 0.3) is 22.0 Å². The van der Waals surface area contributed by atoms with Crippen LogP contribution in [0.2, 0.25) is 0 Å². The van der Waals surface area contributed by atoms with Gasteiger partial charge in [-0.05, 0) is 72.4 Å². The molecule has 0 bridgehead atoms. The van der Waals surface area contributed by atoms with Crippen LogP contribution in [-0.2, 0) is 48.6 Å². The molecular formula is C34H42F2N7O12PS. The zero-order chi connectivity index (χ0) is 41.1. The minimum atomic E-state index is -4.57. The average molecular weight is 842 g/mol. The van der Waals surface area contributed by atoms with Crippen molar-refractivity contribution in [1.82, 2.24) is 29.5 Å². The molecule has 0 spiro atoms. The first-order chi connectivity index (χ1) is 27.2. The third-order valence-electron chi connectivity index (χ3n) is 7.84. The van der Waals surface area contributed by atoms with Gasteiger partial charge in [-0.3, -0.25) is 14.0 Å². The summed E-state index contributed by atoms with van der Waals surface area (Å²) in [6.45, 7) is 6.57. The van der Waals surface area contributed by atoms with Crippen LogP contribution in [0.4, 0.5) is 24.1 Å². The van der Waals surface area contributed by atoms with E-state index in [-0.39, 0.29) is 34.9 Å². The molecule has 4 heterocycles. The molecule has 0 atom stereocenters. The maximum atomic E-state index is 14.9. The van der Waals surface area contributed by atoms with E-state index in [4.69, 9.17) is 37.3 Å². The lowest BCUT2D eigenvalue weighted by molar-refractivity contribution is -0.0493. The third-order valence-corrected chi connectivity index (χ3v) is 10.0. The van der Waals surface area contributed by atoms with Crippen LogP contribution in [0.5, 0.6) is 0 Å². The van der Waals surface area contributed by atoms with Crippen molar-refractivity contribution in [3.63, 3.8) is 0 Å². The zero-order valence-corrected chi connectivity index (χ0v) is 33.3. The van der Waals surface area contributed by atoms with Gasteiger partial charge in [0.2, 0.25) is 19.5 Å². The Balaban J connectivity index is 1.25. The van der Waals surface area contributed by atoms with Gasteiger partial charge in [0.25, 0.3) is 5.91 Å². The minimum Gasteiger partial charge on any atom is -0.432 e. The number of rotatable bonds is 18. The zero-order valence-electron chi connectivity index (χ0n) is 31.6. The van der Waals surface area contributed by atoms with E-state index in [2.05, 4.69) is 25.5 Å². The lowest BCUT2D eigenvalue weighted by atomic mass is 9.93. The van der Waals surface area contributed by atoms with Gasteiger partial charge in [0.05, 0.1) is 36.2 Å².